The standard InChI is InChI=1S/C19H17BrN2O2S.CH4/c1-21-16-12-6-4-7-13(20)17(12)25-18(16)19(23)22-14-9-10-24-15-8-3-2-5-11(14)15;/h2-8,14,21H,9-10H2,1H3,(H,22,23);1H4/t14-;/m0./s1. The van der Waals surface area contributed by atoms with Gasteiger partial charge in [0, 0.05) is 28.9 Å². The van der Waals surface area contributed by atoms with Crippen LogP contribution in [0.5, 0.6) is 5.75 Å². The Bertz CT molecular complexity index is 954. The van der Waals surface area contributed by atoms with Crippen molar-refractivity contribution in [1.82, 2.24) is 5.32 Å². The van der Waals surface area contributed by atoms with Crippen LogP contribution in [-0.2, 0) is 0 Å². The van der Waals surface area contributed by atoms with Crippen LogP contribution in [0, 0.1) is 0 Å². The predicted molar refractivity (Wildman–Crippen MR) is 113 cm³/mol. The molecular weight excluding hydrogens is 412 g/mol. The van der Waals surface area contributed by atoms with Crippen LogP contribution in [0.1, 0.15) is 35.1 Å². The molecule has 0 saturated heterocycles. The first-order valence-electron chi connectivity index (χ1n) is 8.10. The van der Waals surface area contributed by atoms with Crippen molar-refractivity contribution < 1.29 is 9.53 Å². The fourth-order valence-corrected chi connectivity index (χ4v) is 4.93. The van der Waals surface area contributed by atoms with E-state index >= 15 is 0 Å². The third-order valence-electron chi connectivity index (χ3n) is 4.39. The molecule has 4 nitrogen and oxygen atoms in total. The van der Waals surface area contributed by atoms with Crippen molar-refractivity contribution in [3.05, 3.63) is 57.4 Å². The zero-order valence-electron chi connectivity index (χ0n) is 13.6. The highest BCUT2D eigenvalue weighted by atomic mass is 79.9. The monoisotopic (exact) mass is 432 g/mol. The molecule has 2 aromatic carbocycles. The third kappa shape index (κ3) is 3.19. The molecule has 6 heteroatoms. The summed E-state index contributed by atoms with van der Waals surface area (Å²) in [6, 6.07) is 13.9. The maximum absolute atomic E-state index is 13.0. The number of rotatable bonds is 3. The SMILES string of the molecule is C.CNc1c(C(=O)N[C@H]2CCOc3ccccc32)sc2c(Br)cccc12. The zero-order valence-corrected chi connectivity index (χ0v) is 16.0. The number of para-hydroxylation sites is 1. The number of halogens is 1. The van der Waals surface area contributed by atoms with Gasteiger partial charge in [-0.15, -0.1) is 11.3 Å². The summed E-state index contributed by atoms with van der Waals surface area (Å²) in [6.45, 7) is 0.610. The van der Waals surface area contributed by atoms with Gasteiger partial charge in [0.05, 0.1) is 23.0 Å². The lowest BCUT2D eigenvalue weighted by atomic mass is 10.0. The molecular formula is C20H21BrN2O2S. The summed E-state index contributed by atoms with van der Waals surface area (Å²) in [5.41, 5.74) is 1.91. The molecule has 0 unspecified atom stereocenters. The van der Waals surface area contributed by atoms with E-state index in [1.807, 2.05) is 49.5 Å². The van der Waals surface area contributed by atoms with Gasteiger partial charge >= 0.3 is 0 Å². The van der Waals surface area contributed by atoms with Gasteiger partial charge in [0.1, 0.15) is 10.6 Å². The fourth-order valence-electron chi connectivity index (χ4n) is 3.21. The van der Waals surface area contributed by atoms with Gasteiger partial charge in [-0.05, 0) is 28.1 Å². The van der Waals surface area contributed by atoms with Gasteiger partial charge in [-0.3, -0.25) is 4.79 Å². The third-order valence-corrected chi connectivity index (χ3v) is 6.55. The average molecular weight is 433 g/mol. The molecule has 4 rings (SSSR count). The first-order chi connectivity index (χ1) is 12.2. The fraction of sp³-hybridized carbons (Fsp3) is 0.250. The zero-order chi connectivity index (χ0) is 17.4. The molecule has 0 aliphatic carbocycles. The Balaban J connectivity index is 0.00000196. The van der Waals surface area contributed by atoms with Crippen molar-refractivity contribution in [3.63, 3.8) is 0 Å². The minimum absolute atomic E-state index is 0. The van der Waals surface area contributed by atoms with E-state index in [0.29, 0.717) is 11.5 Å². The highest BCUT2D eigenvalue weighted by Crippen LogP contribution is 2.40. The highest BCUT2D eigenvalue weighted by molar-refractivity contribution is 9.10. The lowest BCUT2D eigenvalue weighted by Gasteiger charge is -2.26. The number of carbonyl (C=O) groups is 1. The summed E-state index contributed by atoms with van der Waals surface area (Å²) >= 11 is 5.08. The largest absolute Gasteiger partial charge is 0.493 e. The summed E-state index contributed by atoms with van der Waals surface area (Å²) in [7, 11) is 1.85. The molecule has 136 valence electrons. The second kappa shape index (κ2) is 7.68. The van der Waals surface area contributed by atoms with Crippen LogP contribution < -0.4 is 15.4 Å². The molecule has 1 aliphatic rings. The number of hydrogen-bond donors (Lipinski definition) is 2. The quantitative estimate of drug-likeness (QED) is 0.566. The number of nitrogens with one attached hydrogen (secondary N) is 2. The molecule has 1 amide bonds. The molecule has 0 bridgehead atoms. The van der Waals surface area contributed by atoms with Crippen molar-refractivity contribution in [3.8, 4) is 5.75 Å². The number of amides is 1. The van der Waals surface area contributed by atoms with Crippen molar-refractivity contribution in [1.29, 1.82) is 0 Å². The summed E-state index contributed by atoms with van der Waals surface area (Å²) in [4.78, 5) is 13.7. The van der Waals surface area contributed by atoms with Gasteiger partial charge in [0.2, 0.25) is 0 Å². The number of carbonyl (C=O) groups excluding carboxylic acids is 1. The molecule has 0 fully saturated rings. The van der Waals surface area contributed by atoms with Gasteiger partial charge in [-0.25, -0.2) is 0 Å². The predicted octanol–water partition coefficient (Wildman–Crippen LogP) is 5.60. The Labute approximate surface area is 165 Å². The summed E-state index contributed by atoms with van der Waals surface area (Å²) in [5.74, 6) is 0.797. The summed E-state index contributed by atoms with van der Waals surface area (Å²) < 4.78 is 7.76. The molecule has 3 aromatic rings. The Hall–Kier alpha value is -2.05. The van der Waals surface area contributed by atoms with Crippen molar-refractivity contribution in [2.24, 2.45) is 0 Å². The van der Waals surface area contributed by atoms with Crippen LogP contribution in [0.4, 0.5) is 5.69 Å². The van der Waals surface area contributed by atoms with E-state index in [1.165, 1.54) is 11.3 Å². The van der Waals surface area contributed by atoms with Crippen LogP contribution in [0.2, 0.25) is 0 Å². The molecule has 2 N–H and O–H groups in total. The van der Waals surface area contributed by atoms with E-state index in [-0.39, 0.29) is 19.4 Å². The Morgan fingerprint density at radius 1 is 1.23 bits per heavy atom. The molecule has 1 aromatic heterocycles. The summed E-state index contributed by atoms with van der Waals surface area (Å²) in [6.07, 6.45) is 0.770. The van der Waals surface area contributed by atoms with Crippen molar-refractivity contribution >= 4 is 48.9 Å². The normalized spacial score (nSPS) is 15.5. The summed E-state index contributed by atoms with van der Waals surface area (Å²) in [5, 5.41) is 7.42. The van der Waals surface area contributed by atoms with E-state index in [4.69, 9.17) is 4.74 Å². The maximum atomic E-state index is 13.0. The van der Waals surface area contributed by atoms with Gasteiger partial charge in [0.15, 0.2) is 0 Å². The van der Waals surface area contributed by atoms with Crippen LogP contribution >= 0.6 is 27.3 Å². The van der Waals surface area contributed by atoms with E-state index in [9.17, 15) is 4.79 Å². The molecule has 1 atom stereocenters. The molecule has 0 saturated carbocycles. The molecule has 0 radical (unpaired) electrons. The second-order valence-corrected chi connectivity index (χ2v) is 7.75. The second-order valence-electron chi connectivity index (χ2n) is 5.87. The smallest absolute Gasteiger partial charge is 0.264 e. The maximum Gasteiger partial charge on any atom is 0.264 e. The number of fused-ring (bicyclic) bond motifs is 2. The van der Waals surface area contributed by atoms with Crippen LogP contribution in [-0.4, -0.2) is 19.6 Å². The van der Waals surface area contributed by atoms with Gasteiger partial charge in [-0.1, -0.05) is 37.8 Å². The number of benzene rings is 2. The van der Waals surface area contributed by atoms with E-state index in [2.05, 4.69) is 26.6 Å². The topological polar surface area (TPSA) is 50.4 Å². The van der Waals surface area contributed by atoms with E-state index in [1.54, 1.807) is 0 Å². The number of anilines is 1. The van der Waals surface area contributed by atoms with Crippen LogP contribution in [0.15, 0.2) is 46.9 Å². The van der Waals surface area contributed by atoms with Crippen LogP contribution in [0.25, 0.3) is 10.1 Å². The minimum Gasteiger partial charge on any atom is -0.493 e. The number of thiophene rings is 1. The number of hydrogen-bond acceptors (Lipinski definition) is 4. The first kappa shape index (κ1) is 18.7. The highest BCUT2D eigenvalue weighted by Gasteiger charge is 2.25. The Morgan fingerprint density at radius 2 is 2.04 bits per heavy atom. The number of ether oxygens (including phenoxy) is 1. The average Bonchev–Trinajstić information content (AvgIpc) is 3.02. The lowest BCUT2D eigenvalue weighted by molar-refractivity contribution is 0.0929. The van der Waals surface area contributed by atoms with Crippen molar-refractivity contribution in [2.75, 3.05) is 19.0 Å². The lowest BCUT2D eigenvalue weighted by Crippen LogP contribution is -2.32. The van der Waals surface area contributed by atoms with Crippen molar-refractivity contribution in [2.45, 2.75) is 19.9 Å². The van der Waals surface area contributed by atoms with Gasteiger partial charge in [0.25, 0.3) is 5.91 Å². The van der Waals surface area contributed by atoms with Gasteiger partial charge in [-0.2, -0.15) is 0 Å². The first-order valence-corrected chi connectivity index (χ1v) is 9.71. The molecule has 26 heavy (non-hydrogen) atoms. The van der Waals surface area contributed by atoms with Crippen LogP contribution in [0.3, 0.4) is 0 Å². The van der Waals surface area contributed by atoms with E-state index in [0.717, 1.165) is 38.0 Å². The van der Waals surface area contributed by atoms with Gasteiger partial charge < -0.3 is 15.4 Å². The van der Waals surface area contributed by atoms with E-state index < -0.39 is 0 Å². The Morgan fingerprint density at radius 3 is 2.85 bits per heavy atom. The molecule has 2 heterocycles. The minimum atomic E-state index is -0.0563. The Kier molecular flexibility index (Phi) is 5.53. The molecule has 0 spiro atoms. The molecule has 1 aliphatic heterocycles.